The Kier molecular flexibility index (Phi) is 7.23. The Labute approximate surface area is 203 Å². The molecule has 33 heavy (non-hydrogen) atoms. The second-order valence-corrected chi connectivity index (χ2v) is 9.65. The van der Waals surface area contributed by atoms with E-state index in [4.69, 9.17) is 14.5 Å². The smallest absolute Gasteiger partial charge is 0.338 e. The van der Waals surface area contributed by atoms with Crippen molar-refractivity contribution in [1.29, 1.82) is 0 Å². The fraction of sp³-hybridized carbons (Fsp3) is 0.391. The van der Waals surface area contributed by atoms with Crippen LogP contribution in [0.3, 0.4) is 0 Å². The number of allylic oxidation sites excluding steroid dienone is 1. The number of carbonyl (C=O) groups is 2. The summed E-state index contributed by atoms with van der Waals surface area (Å²) in [6.07, 6.45) is 4.40. The number of methoxy groups -OCH3 is 2. The SMILES string of the molecule is COC(=O)C1=C([C@H]2CC[C@H](C(=O)OC)CC2)NC(c2nccs2)=NC1c1ccc(F)cc1Br. The molecular weight excluding hydrogens is 513 g/mol. The predicted molar refractivity (Wildman–Crippen MR) is 125 cm³/mol. The number of nitrogens with zero attached hydrogens (tertiary/aromatic N) is 2. The molecule has 1 fully saturated rings. The van der Waals surface area contributed by atoms with E-state index in [9.17, 15) is 14.0 Å². The van der Waals surface area contributed by atoms with Gasteiger partial charge in [-0.3, -0.25) is 9.79 Å². The van der Waals surface area contributed by atoms with Gasteiger partial charge in [-0.15, -0.1) is 11.3 Å². The summed E-state index contributed by atoms with van der Waals surface area (Å²) in [5.41, 5.74) is 1.74. The average molecular weight is 536 g/mol. The van der Waals surface area contributed by atoms with Crippen molar-refractivity contribution in [3.63, 3.8) is 0 Å². The summed E-state index contributed by atoms with van der Waals surface area (Å²) in [6, 6.07) is 3.61. The number of rotatable bonds is 5. The van der Waals surface area contributed by atoms with Crippen LogP contribution in [0.2, 0.25) is 0 Å². The molecule has 2 aliphatic rings. The van der Waals surface area contributed by atoms with Gasteiger partial charge in [0.25, 0.3) is 0 Å². The number of esters is 2. The molecule has 174 valence electrons. The highest BCUT2D eigenvalue weighted by molar-refractivity contribution is 9.10. The van der Waals surface area contributed by atoms with Crippen molar-refractivity contribution >= 4 is 45.0 Å². The first kappa shape index (κ1) is 23.6. The molecule has 10 heteroatoms. The van der Waals surface area contributed by atoms with E-state index in [-0.39, 0.29) is 17.8 Å². The topological polar surface area (TPSA) is 89.9 Å². The zero-order chi connectivity index (χ0) is 23.5. The molecule has 0 bridgehead atoms. The highest BCUT2D eigenvalue weighted by Gasteiger charge is 2.38. The van der Waals surface area contributed by atoms with Crippen molar-refractivity contribution in [2.45, 2.75) is 31.7 Å². The van der Waals surface area contributed by atoms with E-state index in [1.807, 2.05) is 5.38 Å². The van der Waals surface area contributed by atoms with Crippen molar-refractivity contribution in [2.24, 2.45) is 16.8 Å². The summed E-state index contributed by atoms with van der Waals surface area (Å²) < 4.78 is 24.4. The Balaban J connectivity index is 1.79. The monoisotopic (exact) mass is 535 g/mol. The summed E-state index contributed by atoms with van der Waals surface area (Å²) in [7, 11) is 2.73. The zero-order valence-electron chi connectivity index (χ0n) is 18.1. The van der Waals surface area contributed by atoms with Crippen LogP contribution in [0.25, 0.3) is 0 Å². The van der Waals surface area contributed by atoms with Crippen molar-refractivity contribution in [3.05, 3.63) is 61.9 Å². The number of benzene rings is 1. The van der Waals surface area contributed by atoms with Gasteiger partial charge >= 0.3 is 11.9 Å². The van der Waals surface area contributed by atoms with Gasteiger partial charge in [-0.25, -0.2) is 14.2 Å². The average Bonchev–Trinajstić information content (AvgIpc) is 3.37. The van der Waals surface area contributed by atoms with Crippen molar-refractivity contribution in [3.8, 4) is 0 Å². The van der Waals surface area contributed by atoms with Crippen LogP contribution in [-0.4, -0.2) is 37.0 Å². The highest BCUT2D eigenvalue weighted by Crippen LogP contribution is 2.42. The first-order chi connectivity index (χ1) is 15.9. The Morgan fingerprint density at radius 1 is 1.18 bits per heavy atom. The highest BCUT2D eigenvalue weighted by atomic mass is 79.9. The summed E-state index contributed by atoms with van der Waals surface area (Å²) in [4.78, 5) is 34.2. The Hall–Kier alpha value is -2.59. The summed E-state index contributed by atoms with van der Waals surface area (Å²) in [5, 5.41) is 5.88. The molecule has 0 radical (unpaired) electrons. The lowest BCUT2D eigenvalue weighted by atomic mass is 9.78. The molecule has 2 aromatic rings. The van der Waals surface area contributed by atoms with Crippen LogP contribution < -0.4 is 5.32 Å². The molecule has 4 rings (SSSR count). The maximum absolute atomic E-state index is 13.8. The molecule has 1 aromatic carbocycles. The fourth-order valence-corrected chi connectivity index (χ4v) is 5.56. The van der Waals surface area contributed by atoms with E-state index in [2.05, 4.69) is 26.2 Å². The van der Waals surface area contributed by atoms with Gasteiger partial charge in [0, 0.05) is 21.7 Å². The number of nitrogens with one attached hydrogen (secondary N) is 1. The van der Waals surface area contributed by atoms with Gasteiger partial charge in [-0.2, -0.15) is 0 Å². The maximum Gasteiger partial charge on any atom is 0.338 e. The van der Waals surface area contributed by atoms with Crippen molar-refractivity contribution < 1.29 is 23.5 Å². The standard InChI is InChI=1S/C23H23BrFN3O4S/c1-31-22(29)13-5-3-12(4-6-13)18-17(23(30)32-2)19(15-8-7-14(25)11-16(15)24)28-20(27-18)21-26-9-10-33-21/h7-13,19H,3-6H2,1-2H3,(H,27,28)/t12-,13-,19?. The Bertz CT molecular complexity index is 1110. The quantitative estimate of drug-likeness (QED) is 0.565. The van der Waals surface area contributed by atoms with Crippen LogP contribution in [0.5, 0.6) is 0 Å². The number of hydrogen-bond donors (Lipinski definition) is 1. The van der Waals surface area contributed by atoms with Crippen LogP contribution in [0.4, 0.5) is 4.39 Å². The molecule has 1 unspecified atom stereocenters. The van der Waals surface area contributed by atoms with Crippen molar-refractivity contribution in [1.82, 2.24) is 10.3 Å². The lowest BCUT2D eigenvalue weighted by Gasteiger charge is -2.34. The third-order valence-electron chi connectivity index (χ3n) is 6.04. The molecule has 1 saturated carbocycles. The third kappa shape index (κ3) is 4.86. The first-order valence-electron chi connectivity index (χ1n) is 10.5. The van der Waals surface area contributed by atoms with E-state index in [1.165, 1.54) is 37.7 Å². The Morgan fingerprint density at radius 3 is 2.55 bits per heavy atom. The van der Waals surface area contributed by atoms with Crippen molar-refractivity contribution in [2.75, 3.05) is 14.2 Å². The molecule has 1 aromatic heterocycles. The molecule has 1 aliphatic carbocycles. The summed E-state index contributed by atoms with van der Waals surface area (Å²) in [5.74, 6) is -0.711. The lowest BCUT2D eigenvalue weighted by Crippen LogP contribution is -2.38. The minimum Gasteiger partial charge on any atom is -0.469 e. The number of hydrogen-bond acceptors (Lipinski definition) is 8. The summed E-state index contributed by atoms with van der Waals surface area (Å²) >= 11 is 4.86. The number of carbonyl (C=O) groups excluding carboxylic acids is 2. The maximum atomic E-state index is 13.8. The number of thiazole rings is 1. The normalized spacial score (nSPS) is 22.9. The molecule has 0 saturated heterocycles. The predicted octanol–water partition coefficient (Wildman–Crippen LogP) is 4.54. The van der Waals surface area contributed by atoms with Gasteiger partial charge in [0.05, 0.1) is 25.7 Å². The minimum absolute atomic E-state index is 0.00723. The molecular formula is C23H23BrFN3O4S. The Morgan fingerprint density at radius 2 is 1.94 bits per heavy atom. The lowest BCUT2D eigenvalue weighted by molar-refractivity contribution is -0.146. The van der Waals surface area contributed by atoms with E-state index < -0.39 is 17.8 Å². The van der Waals surface area contributed by atoms with E-state index in [0.717, 1.165) is 0 Å². The van der Waals surface area contributed by atoms with Crippen LogP contribution >= 0.6 is 27.3 Å². The number of amidine groups is 1. The van der Waals surface area contributed by atoms with E-state index >= 15 is 0 Å². The molecule has 7 nitrogen and oxygen atoms in total. The molecule has 1 atom stereocenters. The first-order valence-corrected chi connectivity index (χ1v) is 12.2. The number of halogens is 2. The molecule has 2 heterocycles. The van der Waals surface area contributed by atoms with Gasteiger partial charge in [0.1, 0.15) is 11.9 Å². The van der Waals surface area contributed by atoms with Crippen LogP contribution in [0.1, 0.15) is 42.3 Å². The molecule has 1 aliphatic heterocycles. The second-order valence-electron chi connectivity index (χ2n) is 7.90. The molecule has 1 N–H and O–H groups in total. The van der Waals surface area contributed by atoms with E-state index in [0.29, 0.717) is 57.8 Å². The number of ether oxygens (including phenoxy) is 2. The largest absolute Gasteiger partial charge is 0.469 e. The zero-order valence-corrected chi connectivity index (χ0v) is 20.5. The van der Waals surface area contributed by atoms with Gasteiger partial charge in [0.2, 0.25) is 0 Å². The second kappa shape index (κ2) is 10.1. The number of aliphatic imine (C=N–C) groups is 1. The van der Waals surface area contributed by atoms with Gasteiger partial charge in [0.15, 0.2) is 10.8 Å². The third-order valence-corrected chi connectivity index (χ3v) is 7.51. The van der Waals surface area contributed by atoms with E-state index in [1.54, 1.807) is 12.3 Å². The molecule has 0 amide bonds. The van der Waals surface area contributed by atoms with Gasteiger partial charge < -0.3 is 14.8 Å². The van der Waals surface area contributed by atoms with Crippen LogP contribution in [0, 0.1) is 17.7 Å². The van der Waals surface area contributed by atoms with Crippen LogP contribution in [0.15, 0.2) is 50.5 Å². The van der Waals surface area contributed by atoms with Gasteiger partial charge in [-0.05, 0) is 49.3 Å². The fourth-order valence-electron chi connectivity index (χ4n) is 4.40. The minimum atomic E-state index is -0.707. The molecule has 0 spiro atoms. The van der Waals surface area contributed by atoms with Crippen LogP contribution in [-0.2, 0) is 19.1 Å². The van der Waals surface area contributed by atoms with Gasteiger partial charge in [-0.1, -0.05) is 22.0 Å². The summed E-state index contributed by atoms with van der Waals surface area (Å²) in [6.45, 7) is 0. The number of aromatic nitrogens is 1.